The van der Waals surface area contributed by atoms with Gasteiger partial charge in [-0.3, -0.25) is 9.59 Å². The zero-order chi connectivity index (χ0) is 17.0. The number of aliphatic carboxylic acids is 1. The molecule has 2 aliphatic carbocycles. The highest BCUT2D eigenvalue weighted by Gasteiger charge is 2.56. The van der Waals surface area contributed by atoms with Crippen molar-refractivity contribution in [3.8, 4) is 0 Å². The van der Waals surface area contributed by atoms with Crippen molar-refractivity contribution in [2.24, 2.45) is 23.7 Å². The minimum absolute atomic E-state index is 0.0177. The lowest BCUT2D eigenvalue weighted by atomic mass is 9.76. The zero-order valence-corrected chi connectivity index (χ0v) is 14.6. The molecule has 2 bridgehead atoms. The molecule has 4 nitrogen and oxygen atoms in total. The topological polar surface area (TPSA) is 63.6 Å². The second kappa shape index (κ2) is 7.98. The van der Waals surface area contributed by atoms with Crippen LogP contribution in [0.5, 0.6) is 0 Å². The molecule has 0 saturated heterocycles. The highest BCUT2D eigenvalue weighted by molar-refractivity contribution is 5.84. The minimum atomic E-state index is -0.856. The lowest BCUT2D eigenvalue weighted by Crippen LogP contribution is -2.36. The average Bonchev–Trinajstić information content (AvgIpc) is 3.04. The Labute approximate surface area is 139 Å². The fourth-order valence-electron chi connectivity index (χ4n) is 4.33. The monoisotopic (exact) mass is 322 g/mol. The molecular formula is C19H30O4. The van der Waals surface area contributed by atoms with Gasteiger partial charge in [-0.15, -0.1) is 0 Å². The van der Waals surface area contributed by atoms with Crippen LogP contribution in [-0.4, -0.2) is 23.7 Å². The summed E-state index contributed by atoms with van der Waals surface area (Å²) < 4.78 is 5.42. The third-order valence-electron chi connectivity index (χ3n) is 5.80. The van der Waals surface area contributed by atoms with E-state index in [1.165, 1.54) is 36.8 Å². The van der Waals surface area contributed by atoms with Crippen molar-refractivity contribution in [1.29, 1.82) is 0 Å². The molecule has 1 N–H and O–H groups in total. The molecule has 0 aromatic carbocycles. The van der Waals surface area contributed by atoms with E-state index in [4.69, 9.17) is 4.74 Å². The normalized spacial score (nSPS) is 29.2. The molecule has 0 spiro atoms. The van der Waals surface area contributed by atoms with Crippen molar-refractivity contribution < 1.29 is 19.4 Å². The van der Waals surface area contributed by atoms with Crippen molar-refractivity contribution in [1.82, 2.24) is 0 Å². The van der Waals surface area contributed by atoms with Gasteiger partial charge in [-0.1, -0.05) is 50.2 Å². The molecular weight excluding hydrogens is 292 g/mol. The van der Waals surface area contributed by atoms with E-state index in [1.807, 2.05) is 13.8 Å². The molecule has 0 amide bonds. The predicted octanol–water partition coefficient (Wildman–Crippen LogP) is 4.19. The molecule has 0 radical (unpaired) electrons. The van der Waals surface area contributed by atoms with Gasteiger partial charge in [0, 0.05) is 0 Å². The molecule has 1 saturated carbocycles. The number of fused-ring (bicyclic) bond motifs is 2. The number of carbonyl (C=O) groups is 2. The van der Waals surface area contributed by atoms with Gasteiger partial charge in [-0.25, -0.2) is 0 Å². The number of unbranched alkanes of at least 4 members (excludes halogenated alkanes) is 5. The molecule has 0 heterocycles. The van der Waals surface area contributed by atoms with Crippen LogP contribution in [-0.2, 0) is 14.3 Å². The summed E-state index contributed by atoms with van der Waals surface area (Å²) in [5, 5.41) is 9.52. The SMILES string of the molecule is CCCCCCCCOC(=O)C1C2CC(C(C)=C2C)C1C(=O)O. The maximum atomic E-state index is 12.4. The maximum Gasteiger partial charge on any atom is 0.310 e. The van der Waals surface area contributed by atoms with Gasteiger partial charge in [-0.05, 0) is 38.5 Å². The zero-order valence-electron chi connectivity index (χ0n) is 14.6. The summed E-state index contributed by atoms with van der Waals surface area (Å²) in [6.45, 7) is 6.65. The standard InChI is InChI=1S/C19H30O4/c1-4-5-6-7-8-9-10-23-19(22)17-15-11-14(12(2)13(15)3)16(17)18(20)21/h14-17H,4-11H2,1-3H3,(H,20,21). The Balaban J connectivity index is 1.83. The molecule has 2 rings (SSSR count). The van der Waals surface area contributed by atoms with Crippen LogP contribution >= 0.6 is 0 Å². The first-order valence-corrected chi connectivity index (χ1v) is 9.05. The van der Waals surface area contributed by atoms with E-state index in [9.17, 15) is 14.7 Å². The smallest absolute Gasteiger partial charge is 0.310 e. The third kappa shape index (κ3) is 3.78. The van der Waals surface area contributed by atoms with Crippen LogP contribution in [0.2, 0.25) is 0 Å². The second-order valence-electron chi connectivity index (χ2n) is 7.14. The number of carboxylic acids is 1. The highest BCUT2D eigenvalue weighted by Crippen LogP contribution is 2.55. The number of hydrogen-bond donors (Lipinski definition) is 1. The number of ether oxygens (including phenoxy) is 1. The number of carbonyl (C=O) groups excluding carboxylic acids is 1. The van der Waals surface area contributed by atoms with Gasteiger partial charge in [0.2, 0.25) is 0 Å². The highest BCUT2D eigenvalue weighted by atomic mass is 16.5. The van der Waals surface area contributed by atoms with E-state index in [2.05, 4.69) is 6.92 Å². The Bertz CT molecular complexity index is 480. The van der Waals surface area contributed by atoms with E-state index in [-0.39, 0.29) is 17.8 Å². The summed E-state index contributed by atoms with van der Waals surface area (Å²) in [5.41, 5.74) is 2.37. The lowest BCUT2D eigenvalue weighted by Gasteiger charge is -2.28. The van der Waals surface area contributed by atoms with Crippen LogP contribution in [0.3, 0.4) is 0 Å². The van der Waals surface area contributed by atoms with Gasteiger partial charge < -0.3 is 9.84 Å². The molecule has 1 fully saturated rings. The molecule has 0 aliphatic heterocycles. The quantitative estimate of drug-likeness (QED) is 0.393. The first kappa shape index (κ1) is 18.0. The fraction of sp³-hybridized carbons (Fsp3) is 0.789. The summed E-state index contributed by atoms with van der Waals surface area (Å²) in [6.07, 6.45) is 7.65. The molecule has 130 valence electrons. The summed E-state index contributed by atoms with van der Waals surface area (Å²) >= 11 is 0. The van der Waals surface area contributed by atoms with Crippen molar-refractivity contribution >= 4 is 11.9 Å². The number of esters is 1. The molecule has 2 aliphatic rings. The van der Waals surface area contributed by atoms with Crippen LogP contribution in [0.1, 0.15) is 65.7 Å². The lowest BCUT2D eigenvalue weighted by molar-refractivity contribution is -0.158. The molecule has 4 atom stereocenters. The van der Waals surface area contributed by atoms with E-state index >= 15 is 0 Å². The Hall–Kier alpha value is -1.32. The molecule has 4 unspecified atom stereocenters. The Morgan fingerprint density at radius 3 is 2.17 bits per heavy atom. The number of carboxylic acid groups (broad SMARTS) is 1. The van der Waals surface area contributed by atoms with Crippen LogP contribution in [0.15, 0.2) is 11.1 Å². The van der Waals surface area contributed by atoms with Crippen LogP contribution in [0, 0.1) is 23.7 Å². The Kier molecular flexibility index (Phi) is 6.25. The van der Waals surface area contributed by atoms with Gasteiger partial charge >= 0.3 is 11.9 Å². The summed E-state index contributed by atoms with van der Waals surface area (Å²) in [6, 6.07) is 0. The van der Waals surface area contributed by atoms with E-state index < -0.39 is 17.8 Å². The third-order valence-corrected chi connectivity index (χ3v) is 5.80. The minimum Gasteiger partial charge on any atom is -0.481 e. The largest absolute Gasteiger partial charge is 0.481 e. The predicted molar refractivity (Wildman–Crippen MR) is 88.9 cm³/mol. The van der Waals surface area contributed by atoms with Crippen molar-refractivity contribution in [2.75, 3.05) is 6.61 Å². The van der Waals surface area contributed by atoms with Crippen molar-refractivity contribution in [2.45, 2.75) is 65.7 Å². The van der Waals surface area contributed by atoms with Gasteiger partial charge in [-0.2, -0.15) is 0 Å². The fourth-order valence-corrected chi connectivity index (χ4v) is 4.33. The first-order valence-electron chi connectivity index (χ1n) is 9.05. The average molecular weight is 322 g/mol. The Morgan fingerprint density at radius 2 is 1.57 bits per heavy atom. The second-order valence-corrected chi connectivity index (χ2v) is 7.14. The number of rotatable bonds is 9. The first-order chi connectivity index (χ1) is 11.0. The van der Waals surface area contributed by atoms with Crippen LogP contribution < -0.4 is 0 Å². The van der Waals surface area contributed by atoms with Gasteiger partial charge in [0.15, 0.2) is 0 Å². The number of allylic oxidation sites excluding steroid dienone is 2. The summed E-state index contributed by atoms with van der Waals surface area (Å²) in [7, 11) is 0. The van der Waals surface area contributed by atoms with E-state index in [1.54, 1.807) is 0 Å². The molecule has 4 heteroatoms. The molecule has 0 aromatic heterocycles. The molecule has 0 aromatic rings. The van der Waals surface area contributed by atoms with Crippen molar-refractivity contribution in [3.05, 3.63) is 11.1 Å². The maximum absolute atomic E-state index is 12.4. The van der Waals surface area contributed by atoms with Crippen LogP contribution in [0.4, 0.5) is 0 Å². The van der Waals surface area contributed by atoms with E-state index in [0.29, 0.717) is 6.61 Å². The van der Waals surface area contributed by atoms with Crippen LogP contribution in [0.25, 0.3) is 0 Å². The number of hydrogen-bond acceptors (Lipinski definition) is 3. The van der Waals surface area contributed by atoms with Gasteiger partial charge in [0.05, 0.1) is 18.4 Å². The van der Waals surface area contributed by atoms with Gasteiger partial charge in [0.25, 0.3) is 0 Å². The van der Waals surface area contributed by atoms with Crippen molar-refractivity contribution in [3.63, 3.8) is 0 Å². The van der Waals surface area contributed by atoms with E-state index in [0.717, 1.165) is 19.3 Å². The summed E-state index contributed by atoms with van der Waals surface area (Å²) in [5.74, 6) is -2.15. The van der Waals surface area contributed by atoms with Gasteiger partial charge in [0.1, 0.15) is 0 Å². The Morgan fingerprint density at radius 1 is 1.00 bits per heavy atom. The molecule has 23 heavy (non-hydrogen) atoms. The summed E-state index contributed by atoms with van der Waals surface area (Å²) in [4.78, 5) is 24.0.